The highest BCUT2D eigenvalue weighted by molar-refractivity contribution is 7.92. The first-order valence-corrected chi connectivity index (χ1v) is 19.5. The monoisotopic (exact) mass is 816 g/mol. The number of rotatable bonds is 18. The predicted molar refractivity (Wildman–Crippen MR) is 194 cm³/mol. The molecule has 1 amide bonds. The molecule has 1 saturated heterocycles. The number of methoxy groups -OCH3 is 1. The summed E-state index contributed by atoms with van der Waals surface area (Å²) in [6.07, 6.45) is 3.76. The minimum absolute atomic E-state index is 0.0000923. The van der Waals surface area contributed by atoms with E-state index in [-0.39, 0.29) is 69.6 Å². The van der Waals surface area contributed by atoms with Crippen LogP contribution in [-0.4, -0.2) is 97.7 Å². The fraction of sp³-hybridized carbons (Fsp3) is 0.457. The number of ether oxygens (including phenoxy) is 5. The highest BCUT2D eigenvalue weighted by Gasteiger charge is 2.28. The molecule has 14 nitrogen and oxygen atoms in total. The molecule has 0 bridgehead atoms. The Balaban J connectivity index is 1.34. The Hall–Kier alpha value is -4.16. The quantitative estimate of drug-likeness (QED) is 0.110. The molecule has 2 aromatic carbocycles. The Kier molecular flexibility index (Phi) is 14.0. The van der Waals surface area contributed by atoms with Crippen LogP contribution < -0.4 is 28.6 Å². The van der Waals surface area contributed by atoms with Crippen molar-refractivity contribution in [1.29, 1.82) is 0 Å². The molecule has 1 unspecified atom stereocenters. The molecule has 1 aliphatic carbocycles. The van der Waals surface area contributed by atoms with Crippen LogP contribution in [0.3, 0.4) is 0 Å². The van der Waals surface area contributed by atoms with E-state index in [1.165, 1.54) is 43.5 Å². The lowest BCUT2D eigenvalue weighted by Gasteiger charge is -2.30. The topological polar surface area (TPSA) is 160 Å². The van der Waals surface area contributed by atoms with Crippen LogP contribution in [0.2, 0.25) is 10.0 Å². The fourth-order valence-corrected chi connectivity index (χ4v) is 7.18. The van der Waals surface area contributed by atoms with Crippen molar-refractivity contribution >= 4 is 50.8 Å². The number of halogens is 4. The molecule has 54 heavy (non-hydrogen) atoms. The van der Waals surface area contributed by atoms with E-state index in [9.17, 15) is 32.0 Å². The third-order valence-electron chi connectivity index (χ3n) is 8.67. The van der Waals surface area contributed by atoms with E-state index in [1.807, 2.05) is 0 Å². The first-order valence-electron chi connectivity index (χ1n) is 16.9. The first kappa shape index (κ1) is 41.0. The summed E-state index contributed by atoms with van der Waals surface area (Å²) in [7, 11) is -2.43. The minimum atomic E-state index is -3.81. The average molecular weight is 818 g/mol. The predicted octanol–water partition coefficient (Wildman–Crippen LogP) is 4.38. The normalized spacial score (nSPS) is 15.4. The second-order valence-electron chi connectivity index (χ2n) is 12.7. The average Bonchev–Trinajstić information content (AvgIpc) is 3.95. The number of benzene rings is 2. The van der Waals surface area contributed by atoms with Crippen molar-refractivity contribution in [3.8, 4) is 17.2 Å². The van der Waals surface area contributed by atoms with Gasteiger partial charge in [0.05, 0.1) is 38.9 Å². The lowest BCUT2D eigenvalue weighted by molar-refractivity contribution is -0.605. The molecule has 5 rings (SSSR count). The van der Waals surface area contributed by atoms with Crippen LogP contribution in [0.15, 0.2) is 48.8 Å². The molecule has 0 spiro atoms. The number of sulfonamides is 1. The molecule has 1 aliphatic heterocycles. The number of aromatic nitrogens is 1. The van der Waals surface area contributed by atoms with Gasteiger partial charge in [0, 0.05) is 43.7 Å². The van der Waals surface area contributed by atoms with Gasteiger partial charge in [-0.15, -0.1) is 0 Å². The molecule has 1 N–H and O–H groups in total. The Morgan fingerprint density at radius 1 is 1.07 bits per heavy atom. The molecule has 19 heteroatoms. The highest BCUT2D eigenvalue weighted by atomic mass is 35.5. The Bertz CT molecular complexity index is 1890. The molecule has 294 valence electrons. The number of anilines is 1. The van der Waals surface area contributed by atoms with Crippen molar-refractivity contribution in [1.82, 2.24) is 10.2 Å². The summed E-state index contributed by atoms with van der Waals surface area (Å²) in [6.45, 7) is -0.621. The van der Waals surface area contributed by atoms with Crippen molar-refractivity contribution in [2.75, 3.05) is 70.2 Å². The smallest absolute Gasteiger partial charge is 0.387 e. The highest BCUT2D eigenvalue weighted by Crippen LogP contribution is 2.38. The molecule has 1 saturated carbocycles. The van der Waals surface area contributed by atoms with Crippen LogP contribution in [0.25, 0.3) is 0 Å². The fourth-order valence-electron chi connectivity index (χ4n) is 5.66. The maximum absolute atomic E-state index is 13.3. The molecule has 2 heterocycles. The van der Waals surface area contributed by atoms with Gasteiger partial charge in [-0.05, 0) is 54.7 Å². The molecule has 2 aliphatic rings. The largest absolute Gasteiger partial charge is 0.619 e. The van der Waals surface area contributed by atoms with Gasteiger partial charge in [0.15, 0.2) is 23.9 Å². The summed E-state index contributed by atoms with van der Waals surface area (Å²) in [5.74, 6) is -1.35. The Labute approximate surface area is 321 Å². The number of carbonyl (C=O) groups is 2. The zero-order chi connectivity index (χ0) is 39.0. The Morgan fingerprint density at radius 2 is 1.76 bits per heavy atom. The molecule has 2 fully saturated rings. The van der Waals surface area contributed by atoms with Gasteiger partial charge in [0.25, 0.3) is 5.91 Å². The summed E-state index contributed by atoms with van der Waals surface area (Å²) >= 11 is 12.7. The van der Waals surface area contributed by atoms with E-state index < -0.39 is 41.2 Å². The zero-order valence-corrected chi connectivity index (χ0v) is 31.8. The number of hydrogen-bond donors (Lipinski definition) is 1. The number of nitrogens with zero attached hydrogens (tertiary/aromatic N) is 3. The summed E-state index contributed by atoms with van der Waals surface area (Å²) < 4.78 is 80.8. The number of carbonyl (C=O) groups excluding carboxylic acids is 2. The lowest BCUT2D eigenvalue weighted by atomic mass is 10.0. The molecule has 1 atom stereocenters. The van der Waals surface area contributed by atoms with E-state index in [0.29, 0.717) is 43.1 Å². The van der Waals surface area contributed by atoms with Crippen LogP contribution in [-0.2, 0) is 30.7 Å². The SMILES string of the molecule is COc1ccc(C(=O)NCC(=O)OC(Cc2c(Cl)c[n+]([O-])cc2Cl)c2ccc(OC(F)F)c(OCC3CC3)c2)cc1N(CCN1CCOCC1)S(C)(=O)=O. The summed E-state index contributed by atoms with van der Waals surface area (Å²) in [4.78, 5) is 28.7. The van der Waals surface area contributed by atoms with Crippen molar-refractivity contribution < 1.29 is 55.2 Å². The van der Waals surface area contributed by atoms with Gasteiger partial charge in [0.1, 0.15) is 28.4 Å². The number of amides is 1. The molecule has 1 aromatic heterocycles. The number of esters is 1. The van der Waals surface area contributed by atoms with Gasteiger partial charge >= 0.3 is 12.6 Å². The molecular weight excluding hydrogens is 777 g/mol. The second-order valence-corrected chi connectivity index (χ2v) is 15.4. The molecule has 3 aromatic rings. The number of nitrogens with one attached hydrogen (secondary N) is 1. The van der Waals surface area contributed by atoms with Crippen LogP contribution in [0, 0.1) is 11.1 Å². The van der Waals surface area contributed by atoms with Crippen molar-refractivity contribution in [2.24, 2.45) is 5.92 Å². The van der Waals surface area contributed by atoms with Gasteiger partial charge in [-0.3, -0.25) is 18.8 Å². The van der Waals surface area contributed by atoms with Crippen molar-refractivity contribution in [3.63, 3.8) is 0 Å². The van der Waals surface area contributed by atoms with Gasteiger partial charge in [-0.25, -0.2) is 8.42 Å². The van der Waals surface area contributed by atoms with Crippen LogP contribution in [0.5, 0.6) is 17.2 Å². The summed E-state index contributed by atoms with van der Waals surface area (Å²) in [5.41, 5.74) is 0.732. The van der Waals surface area contributed by atoms with Crippen molar-refractivity contribution in [3.05, 3.63) is 80.7 Å². The third-order valence-corrected chi connectivity index (χ3v) is 10.5. The standard InChI is InChI=1S/C35H40Cl2F2N4O10S/c1-49-29-7-6-24(15-28(29)43(54(2,47)48)10-9-41-11-13-50-14-12-41)34(45)40-18-33(44)52-31(17-25-26(36)19-42(46)20-27(25)37)23-5-8-30(53-35(38)39)32(16-23)51-21-22-3-4-22/h5-8,15-16,19-20,22,31,35H,3-4,9-14,17-18,21H2,1-2H3,(H,40,45). The first-order chi connectivity index (χ1) is 25.7. The van der Waals surface area contributed by atoms with Crippen molar-refractivity contribution in [2.45, 2.75) is 32.0 Å². The molecule has 0 radical (unpaired) electrons. The number of alkyl halides is 2. The third kappa shape index (κ3) is 11.4. The van der Waals surface area contributed by atoms with E-state index >= 15 is 0 Å². The van der Waals surface area contributed by atoms with Gasteiger partial charge < -0.3 is 34.2 Å². The van der Waals surface area contributed by atoms with E-state index in [0.717, 1.165) is 35.8 Å². The number of morpholine rings is 1. The van der Waals surface area contributed by atoms with Crippen LogP contribution >= 0.6 is 23.2 Å². The maximum atomic E-state index is 13.3. The lowest BCUT2D eigenvalue weighted by Crippen LogP contribution is -2.43. The number of hydrogen-bond acceptors (Lipinski definition) is 11. The Morgan fingerprint density at radius 3 is 2.39 bits per heavy atom. The zero-order valence-electron chi connectivity index (χ0n) is 29.5. The summed E-state index contributed by atoms with van der Waals surface area (Å²) in [6, 6.07) is 8.30. The van der Waals surface area contributed by atoms with Crippen LogP contribution in [0.1, 0.15) is 40.4 Å². The van der Waals surface area contributed by atoms with E-state index in [2.05, 4.69) is 15.0 Å². The maximum Gasteiger partial charge on any atom is 0.387 e. The summed E-state index contributed by atoms with van der Waals surface area (Å²) in [5, 5.41) is 14.3. The van der Waals surface area contributed by atoms with Gasteiger partial charge in [0.2, 0.25) is 10.0 Å². The minimum Gasteiger partial charge on any atom is -0.619 e. The number of pyridine rings is 1. The van der Waals surface area contributed by atoms with E-state index in [1.54, 1.807) is 0 Å². The van der Waals surface area contributed by atoms with E-state index in [4.69, 9.17) is 42.1 Å². The van der Waals surface area contributed by atoms with Gasteiger partial charge in [-0.2, -0.15) is 13.5 Å². The van der Waals surface area contributed by atoms with Crippen LogP contribution in [0.4, 0.5) is 14.5 Å². The van der Waals surface area contributed by atoms with Gasteiger partial charge in [-0.1, -0.05) is 29.3 Å². The molecular formula is C35H40Cl2F2N4O10S. The second kappa shape index (κ2) is 18.4.